The Morgan fingerprint density at radius 2 is 1.58 bits per heavy atom. The molecule has 1 unspecified atom stereocenters. The van der Waals surface area contributed by atoms with Gasteiger partial charge in [0.2, 0.25) is 5.95 Å². The third kappa shape index (κ3) is 5.43. The molecule has 3 aliphatic heterocycles. The second kappa shape index (κ2) is 11.0. The highest BCUT2D eigenvalue weighted by atomic mass is 32.7. The van der Waals surface area contributed by atoms with Crippen LogP contribution in [0.2, 0.25) is 0 Å². The fraction of sp³-hybridized carbons (Fsp3) is 0.500. The molecule has 0 spiro atoms. The zero-order valence-corrected chi connectivity index (χ0v) is 25.1. The number of aromatic amines is 1. The van der Waals surface area contributed by atoms with Gasteiger partial charge in [-0.15, -0.1) is 0 Å². The number of H-pyrrole nitrogens is 1. The van der Waals surface area contributed by atoms with E-state index in [0.29, 0.717) is 0 Å². The fourth-order valence-corrected chi connectivity index (χ4v) is 7.72. The van der Waals surface area contributed by atoms with Gasteiger partial charge in [0.15, 0.2) is 35.1 Å². The van der Waals surface area contributed by atoms with Crippen molar-refractivity contribution in [3.63, 3.8) is 0 Å². The minimum absolute atomic E-state index is 0.0621. The molecule has 0 saturated carbocycles. The standard InChI is InChI=1S/C20H24N10O12P2S/c21-14-8-15(24-3-23-14)29(4-25-8)18-11(32)12-7(40-18)2-37-43(34,35)41-13-10(31)6(1-38-44(36,45)42-12)39-19(13)30-5-26-9-16(30)27-20(22)28-17(9)33/h3-7,10-13,18-19,31-32H,1-2H2,(H,34,35)(H,36,45)(H2,21,23,24)(H3,22,27,28,33)/t6-,7-,10-,11-,12-,13-,18-,19-,44+/m1/s1. The third-order valence-electron chi connectivity index (χ3n) is 7.32. The summed E-state index contributed by atoms with van der Waals surface area (Å²) in [6.45, 7) is -5.77. The topological polar surface area (TPSA) is 309 Å². The number of ether oxygens (including phenoxy) is 2. The van der Waals surface area contributed by atoms with Gasteiger partial charge >= 0.3 is 14.6 Å². The number of hydrogen-bond donors (Lipinski definition) is 7. The van der Waals surface area contributed by atoms with Crippen LogP contribution >= 0.6 is 26.9 Å². The number of imidazole rings is 2. The van der Waals surface area contributed by atoms with Crippen LogP contribution in [0.25, 0.3) is 22.3 Å². The summed E-state index contributed by atoms with van der Waals surface area (Å²) in [6.07, 6.45) is -8.33. The van der Waals surface area contributed by atoms with Crippen molar-refractivity contribution in [3.05, 3.63) is 29.3 Å². The number of phosphoric acid groups is 1. The van der Waals surface area contributed by atoms with E-state index in [1.54, 1.807) is 0 Å². The predicted molar refractivity (Wildman–Crippen MR) is 150 cm³/mol. The van der Waals surface area contributed by atoms with E-state index in [0.717, 1.165) is 10.9 Å². The number of thiol groups is 1. The van der Waals surface area contributed by atoms with E-state index < -0.39 is 82.5 Å². The summed E-state index contributed by atoms with van der Waals surface area (Å²) in [5.74, 6) is -0.199. The number of nitrogens with zero attached hydrogens (tertiary/aromatic N) is 7. The first-order valence-electron chi connectivity index (χ1n) is 13.0. The maximum atomic E-state index is 13.4. The minimum Gasteiger partial charge on any atom is -0.387 e. The molecule has 3 aliphatic rings. The molecule has 10 atom stereocenters. The number of phosphoric ester groups is 1. The first-order chi connectivity index (χ1) is 21.3. The van der Waals surface area contributed by atoms with Crippen LogP contribution in [-0.2, 0) is 36.7 Å². The highest BCUT2D eigenvalue weighted by molar-refractivity contribution is 8.44. The molecule has 0 aromatic carbocycles. The van der Waals surface area contributed by atoms with Gasteiger partial charge in [-0.3, -0.25) is 37.0 Å². The van der Waals surface area contributed by atoms with E-state index in [9.17, 15) is 29.0 Å². The molecule has 4 aromatic heterocycles. The Kier molecular flexibility index (Phi) is 7.50. The van der Waals surface area contributed by atoms with Gasteiger partial charge in [-0.25, -0.2) is 29.1 Å². The lowest BCUT2D eigenvalue weighted by atomic mass is 10.1. The van der Waals surface area contributed by atoms with Crippen molar-refractivity contribution in [3.8, 4) is 0 Å². The van der Waals surface area contributed by atoms with Gasteiger partial charge in [0.05, 0.1) is 25.9 Å². The molecule has 25 heteroatoms. The molecule has 3 fully saturated rings. The number of fused-ring (bicyclic) bond motifs is 5. The zero-order valence-electron chi connectivity index (χ0n) is 22.4. The maximum absolute atomic E-state index is 13.4. The first kappa shape index (κ1) is 30.6. The van der Waals surface area contributed by atoms with E-state index in [2.05, 4.69) is 42.2 Å². The van der Waals surface area contributed by atoms with Crippen molar-refractivity contribution in [1.29, 1.82) is 0 Å². The molecule has 3 saturated heterocycles. The van der Waals surface area contributed by atoms with E-state index in [4.69, 9.17) is 39.0 Å². The molecular formula is C20H24N10O12P2S. The number of nitrogen functional groups attached to an aromatic ring is 2. The molecule has 2 bridgehead atoms. The zero-order chi connectivity index (χ0) is 31.8. The Labute approximate surface area is 254 Å². The van der Waals surface area contributed by atoms with Crippen LogP contribution in [0.5, 0.6) is 0 Å². The van der Waals surface area contributed by atoms with Gasteiger partial charge in [-0.2, -0.15) is 4.98 Å². The summed E-state index contributed by atoms with van der Waals surface area (Å²) in [6, 6.07) is 0. The van der Waals surface area contributed by atoms with Crippen molar-refractivity contribution >= 4 is 61.0 Å². The van der Waals surface area contributed by atoms with Crippen LogP contribution in [0, 0.1) is 0 Å². The third-order valence-corrected chi connectivity index (χ3v) is 9.92. The first-order valence-corrected chi connectivity index (χ1v) is 17.1. The summed E-state index contributed by atoms with van der Waals surface area (Å²) >= 11 is 4.01. The number of rotatable bonds is 2. The van der Waals surface area contributed by atoms with Gasteiger partial charge in [0.25, 0.3) is 5.56 Å². The summed E-state index contributed by atoms with van der Waals surface area (Å²) < 4.78 is 62.4. The molecule has 242 valence electrons. The van der Waals surface area contributed by atoms with Crippen molar-refractivity contribution < 1.29 is 51.8 Å². The lowest BCUT2D eigenvalue weighted by Gasteiger charge is -2.26. The molecule has 0 aliphatic carbocycles. The monoisotopic (exact) mass is 690 g/mol. The Morgan fingerprint density at radius 1 is 0.889 bits per heavy atom. The smallest absolute Gasteiger partial charge is 0.387 e. The molecule has 22 nitrogen and oxygen atoms in total. The highest BCUT2D eigenvalue weighted by Gasteiger charge is 2.53. The van der Waals surface area contributed by atoms with Crippen molar-refractivity contribution in [1.82, 2.24) is 39.0 Å². The second-order valence-corrected chi connectivity index (χ2v) is 14.4. The second-order valence-electron chi connectivity index (χ2n) is 10.1. The summed E-state index contributed by atoms with van der Waals surface area (Å²) in [4.78, 5) is 45.4. The lowest BCUT2D eigenvalue weighted by Crippen LogP contribution is -2.36. The molecule has 7 heterocycles. The molecule has 8 N–H and O–H groups in total. The number of nitrogens with two attached hydrogens (primary N) is 2. The Balaban J connectivity index is 1.21. The molecule has 0 amide bonds. The van der Waals surface area contributed by atoms with Crippen molar-refractivity contribution in [2.75, 3.05) is 24.7 Å². The summed E-state index contributed by atoms with van der Waals surface area (Å²) in [7, 11) is -5.07. The van der Waals surface area contributed by atoms with E-state index in [1.165, 1.54) is 17.2 Å². The van der Waals surface area contributed by atoms with Gasteiger partial charge in [-0.05, 0) is 0 Å². The number of anilines is 2. The number of aliphatic hydroxyl groups excluding tert-OH is 2. The quantitative estimate of drug-likeness (QED) is 0.0939. The number of aliphatic hydroxyl groups is 2. The average molecular weight is 690 g/mol. The van der Waals surface area contributed by atoms with E-state index in [1.807, 2.05) is 0 Å². The highest BCUT2D eigenvalue weighted by Crippen LogP contribution is 2.58. The lowest BCUT2D eigenvalue weighted by molar-refractivity contribution is -0.0636. The molecular weight excluding hydrogens is 666 g/mol. The molecule has 7 rings (SSSR count). The summed E-state index contributed by atoms with van der Waals surface area (Å²) in [5.41, 5.74) is 11.0. The average Bonchev–Trinajstić information content (AvgIpc) is 3.72. The largest absolute Gasteiger partial charge is 0.472 e. The molecule has 0 radical (unpaired) electrons. The summed E-state index contributed by atoms with van der Waals surface area (Å²) in [5, 5.41) is 22.3. The van der Waals surface area contributed by atoms with E-state index in [-0.39, 0.29) is 34.1 Å². The Bertz CT molecular complexity index is 1940. The van der Waals surface area contributed by atoms with Crippen molar-refractivity contribution in [2.45, 2.75) is 49.1 Å². The van der Waals surface area contributed by atoms with Crippen molar-refractivity contribution in [2.24, 2.45) is 0 Å². The van der Waals surface area contributed by atoms with Gasteiger partial charge in [0.1, 0.15) is 48.5 Å². The van der Waals surface area contributed by atoms with Gasteiger partial charge in [-0.1, -0.05) is 12.2 Å². The fourth-order valence-electron chi connectivity index (χ4n) is 5.30. The van der Waals surface area contributed by atoms with E-state index >= 15 is 0 Å². The van der Waals surface area contributed by atoms with Gasteiger partial charge < -0.3 is 36.0 Å². The van der Waals surface area contributed by atoms with Crippen LogP contribution in [0.15, 0.2) is 23.8 Å². The predicted octanol–water partition coefficient (Wildman–Crippen LogP) is -1.40. The number of hydrogen-bond acceptors (Lipinski definition) is 18. The van der Waals surface area contributed by atoms with Crippen LogP contribution in [-0.4, -0.2) is 104 Å². The SMILES string of the molecule is Nc1nc2c(ncn2[C@@H]2O[C@@H]3CO[P@](=O)(S)O[C@H]4[C@@H](O)[C@H](n5cnc6c(N)ncnc65)O[C@@H]4COP(=O)(O)O[C@@H]2[C@@H]3O)c(=O)[nH]1. The van der Waals surface area contributed by atoms with Crippen LogP contribution in [0.1, 0.15) is 12.5 Å². The maximum Gasteiger partial charge on any atom is 0.472 e. The number of aromatic nitrogens is 8. The molecule has 45 heavy (non-hydrogen) atoms. The normalized spacial score (nSPS) is 37.7. The minimum atomic E-state index is -5.07. The Morgan fingerprint density at radius 3 is 2.36 bits per heavy atom. The Hall–Kier alpha value is -3.05. The molecule has 4 aromatic rings. The number of nitrogens with one attached hydrogen (secondary N) is 1. The van der Waals surface area contributed by atoms with Gasteiger partial charge in [0, 0.05) is 0 Å². The van der Waals surface area contributed by atoms with Crippen LogP contribution in [0.3, 0.4) is 0 Å². The van der Waals surface area contributed by atoms with Crippen LogP contribution in [0.4, 0.5) is 11.8 Å². The van der Waals surface area contributed by atoms with Crippen LogP contribution < -0.4 is 17.0 Å².